The van der Waals surface area contributed by atoms with Crippen molar-refractivity contribution in [1.29, 1.82) is 0 Å². The van der Waals surface area contributed by atoms with Crippen LogP contribution in [-0.4, -0.2) is 30.8 Å². The fourth-order valence-electron chi connectivity index (χ4n) is 2.66. The van der Waals surface area contributed by atoms with E-state index in [2.05, 4.69) is 5.32 Å². The summed E-state index contributed by atoms with van der Waals surface area (Å²) in [5.74, 6) is 0.648. The first-order valence-corrected chi connectivity index (χ1v) is 8.53. The van der Waals surface area contributed by atoms with E-state index in [0.717, 1.165) is 0 Å². The number of hydrogen-bond donors (Lipinski definition) is 2. The van der Waals surface area contributed by atoms with Gasteiger partial charge in [-0.1, -0.05) is 41.4 Å². The molecule has 1 amide bonds. The van der Waals surface area contributed by atoms with Crippen molar-refractivity contribution < 1.29 is 19.4 Å². The molecule has 1 aliphatic rings. The number of nitrogens with one attached hydrogen (secondary N) is 1. The highest BCUT2D eigenvalue weighted by Crippen LogP contribution is 2.36. The first kappa shape index (κ1) is 17.9. The molecule has 0 saturated carbocycles. The second-order valence-electron chi connectivity index (χ2n) is 5.77. The van der Waals surface area contributed by atoms with Crippen molar-refractivity contribution in [2.75, 3.05) is 19.8 Å². The average Bonchev–Trinajstić information content (AvgIpc) is 2.60. The summed E-state index contributed by atoms with van der Waals surface area (Å²) in [4.78, 5) is 12.0. The Labute approximate surface area is 155 Å². The lowest BCUT2D eigenvalue weighted by Crippen LogP contribution is -2.45. The molecule has 0 aliphatic carbocycles. The molecule has 0 bridgehead atoms. The van der Waals surface area contributed by atoms with Crippen molar-refractivity contribution in [2.45, 2.75) is 12.0 Å². The second kappa shape index (κ2) is 7.52. The van der Waals surface area contributed by atoms with Crippen LogP contribution in [0.1, 0.15) is 12.0 Å². The summed E-state index contributed by atoms with van der Waals surface area (Å²) in [6.07, 6.45) is 0.397. The van der Waals surface area contributed by atoms with Gasteiger partial charge in [0, 0.05) is 17.0 Å². The average molecular weight is 382 g/mol. The fraction of sp³-hybridized carbons (Fsp3) is 0.278. The Balaban J connectivity index is 1.57. The summed E-state index contributed by atoms with van der Waals surface area (Å²) in [5, 5.41) is 14.4. The highest BCUT2D eigenvalue weighted by atomic mass is 35.5. The summed E-state index contributed by atoms with van der Waals surface area (Å²) in [5.41, 5.74) is -0.495. The van der Waals surface area contributed by atoms with E-state index >= 15 is 0 Å². The molecule has 3 rings (SSSR count). The van der Waals surface area contributed by atoms with Crippen molar-refractivity contribution in [3.05, 3.63) is 58.1 Å². The third-order valence-corrected chi connectivity index (χ3v) is 4.52. The number of benzene rings is 2. The maximum Gasteiger partial charge on any atom is 0.258 e. The maximum absolute atomic E-state index is 12.0. The van der Waals surface area contributed by atoms with E-state index in [1.807, 2.05) is 12.1 Å². The number of para-hydroxylation sites is 1. The molecule has 2 N–H and O–H groups in total. The van der Waals surface area contributed by atoms with Gasteiger partial charge in [-0.3, -0.25) is 4.79 Å². The number of carbonyl (C=O) groups excluding carboxylic acids is 1. The summed E-state index contributed by atoms with van der Waals surface area (Å²) in [7, 11) is 0. The van der Waals surface area contributed by atoms with Crippen LogP contribution in [0, 0.1) is 0 Å². The molecule has 2 aromatic rings. The normalized spacial score (nSPS) is 18.8. The van der Waals surface area contributed by atoms with Crippen LogP contribution in [0.15, 0.2) is 42.5 Å². The van der Waals surface area contributed by atoms with E-state index in [0.29, 0.717) is 40.1 Å². The molecule has 2 aromatic carbocycles. The number of fused-ring (bicyclic) bond motifs is 1. The summed E-state index contributed by atoms with van der Waals surface area (Å²) < 4.78 is 10.9. The molecule has 1 aliphatic heterocycles. The SMILES string of the molecule is O=C(COc1ccc(Cl)cc1Cl)NCC1(O)CCOc2ccccc21. The van der Waals surface area contributed by atoms with Crippen LogP contribution in [-0.2, 0) is 10.4 Å². The van der Waals surface area contributed by atoms with E-state index in [4.69, 9.17) is 32.7 Å². The minimum Gasteiger partial charge on any atom is -0.493 e. The second-order valence-corrected chi connectivity index (χ2v) is 6.61. The highest BCUT2D eigenvalue weighted by molar-refractivity contribution is 6.35. The lowest BCUT2D eigenvalue weighted by atomic mass is 9.88. The quantitative estimate of drug-likeness (QED) is 0.834. The minimum absolute atomic E-state index is 0.0733. The van der Waals surface area contributed by atoms with Gasteiger partial charge in [-0.25, -0.2) is 0 Å². The lowest BCUT2D eigenvalue weighted by molar-refractivity contribution is -0.124. The van der Waals surface area contributed by atoms with Crippen molar-refractivity contribution in [3.8, 4) is 11.5 Å². The van der Waals surface area contributed by atoms with Crippen LogP contribution in [0.3, 0.4) is 0 Å². The molecule has 1 atom stereocenters. The van der Waals surface area contributed by atoms with Gasteiger partial charge in [-0.2, -0.15) is 0 Å². The molecule has 0 aromatic heterocycles. The monoisotopic (exact) mass is 381 g/mol. The van der Waals surface area contributed by atoms with E-state index in [1.54, 1.807) is 24.3 Å². The van der Waals surface area contributed by atoms with E-state index in [-0.39, 0.29) is 19.1 Å². The Bertz CT molecular complexity index is 783. The van der Waals surface area contributed by atoms with Crippen LogP contribution in [0.4, 0.5) is 0 Å². The zero-order valence-corrected chi connectivity index (χ0v) is 14.8. The van der Waals surface area contributed by atoms with Crippen molar-refractivity contribution in [3.63, 3.8) is 0 Å². The minimum atomic E-state index is -1.16. The van der Waals surface area contributed by atoms with Gasteiger partial charge in [0.05, 0.1) is 18.2 Å². The molecule has 0 radical (unpaired) electrons. The number of halogens is 2. The van der Waals surface area contributed by atoms with Crippen LogP contribution in [0.25, 0.3) is 0 Å². The van der Waals surface area contributed by atoms with E-state index < -0.39 is 5.60 Å². The molecule has 5 nitrogen and oxygen atoms in total. The molecule has 1 unspecified atom stereocenters. The number of hydrogen-bond acceptors (Lipinski definition) is 4. The first-order valence-electron chi connectivity index (χ1n) is 7.77. The molecule has 0 saturated heterocycles. The Hall–Kier alpha value is -1.95. The van der Waals surface area contributed by atoms with Gasteiger partial charge in [-0.05, 0) is 24.3 Å². The number of amides is 1. The predicted octanol–water partition coefficient (Wildman–Crippen LogP) is 3.16. The summed E-state index contributed by atoms with van der Waals surface area (Å²) in [6, 6.07) is 12.0. The third kappa shape index (κ3) is 4.18. The van der Waals surface area contributed by atoms with Crippen LogP contribution in [0.2, 0.25) is 10.0 Å². The Kier molecular flexibility index (Phi) is 5.37. The number of carbonyl (C=O) groups is 1. The molecule has 25 heavy (non-hydrogen) atoms. The van der Waals surface area contributed by atoms with Gasteiger partial charge < -0.3 is 19.9 Å². The smallest absolute Gasteiger partial charge is 0.258 e. The van der Waals surface area contributed by atoms with Crippen LogP contribution in [0.5, 0.6) is 11.5 Å². The molecule has 1 heterocycles. The van der Waals surface area contributed by atoms with Crippen molar-refractivity contribution in [1.82, 2.24) is 5.32 Å². The zero-order chi connectivity index (χ0) is 17.9. The lowest BCUT2D eigenvalue weighted by Gasteiger charge is -2.34. The molecule has 0 fully saturated rings. The molecular weight excluding hydrogens is 365 g/mol. The molecule has 132 valence electrons. The van der Waals surface area contributed by atoms with Crippen molar-refractivity contribution in [2.24, 2.45) is 0 Å². The molecular formula is C18H17Cl2NO4. The van der Waals surface area contributed by atoms with Gasteiger partial charge in [0.2, 0.25) is 0 Å². The van der Waals surface area contributed by atoms with Gasteiger partial charge >= 0.3 is 0 Å². The predicted molar refractivity (Wildman–Crippen MR) is 95.4 cm³/mol. The van der Waals surface area contributed by atoms with E-state index in [9.17, 15) is 9.90 Å². The Morgan fingerprint density at radius 1 is 1.28 bits per heavy atom. The summed E-state index contributed by atoms with van der Waals surface area (Å²) in [6.45, 7) is 0.250. The number of aliphatic hydroxyl groups is 1. The van der Waals surface area contributed by atoms with Gasteiger partial charge in [0.1, 0.15) is 17.1 Å². The third-order valence-electron chi connectivity index (χ3n) is 3.99. The fourth-order valence-corrected chi connectivity index (χ4v) is 3.12. The van der Waals surface area contributed by atoms with Crippen LogP contribution >= 0.6 is 23.2 Å². The molecule has 0 spiro atoms. The van der Waals surface area contributed by atoms with E-state index in [1.165, 1.54) is 6.07 Å². The van der Waals surface area contributed by atoms with Crippen molar-refractivity contribution >= 4 is 29.1 Å². The largest absolute Gasteiger partial charge is 0.493 e. The number of rotatable bonds is 5. The maximum atomic E-state index is 12.0. The molecule has 7 heteroatoms. The van der Waals surface area contributed by atoms with Crippen LogP contribution < -0.4 is 14.8 Å². The summed E-state index contributed by atoms with van der Waals surface area (Å²) >= 11 is 11.8. The zero-order valence-electron chi connectivity index (χ0n) is 13.3. The topological polar surface area (TPSA) is 67.8 Å². The Morgan fingerprint density at radius 3 is 2.88 bits per heavy atom. The van der Waals surface area contributed by atoms with Gasteiger partial charge in [0.15, 0.2) is 6.61 Å². The number of ether oxygens (including phenoxy) is 2. The first-order chi connectivity index (χ1) is 12.0. The highest BCUT2D eigenvalue weighted by Gasteiger charge is 2.35. The standard InChI is InChI=1S/C18H17Cl2NO4/c19-12-5-6-16(14(20)9-12)25-10-17(22)21-11-18(23)7-8-24-15-4-2-1-3-13(15)18/h1-6,9,23H,7-8,10-11H2,(H,21,22). The van der Waals surface area contributed by atoms with Gasteiger partial charge in [0.25, 0.3) is 5.91 Å². The van der Waals surface area contributed by atoms with Gasteiger partial charge in [-0.15, -0.1) is 0 Å². The Morgan fingerprint density at radius 2 is 2.08 bits per heavy atom.